The Bertz CT molecular complexity index is 2430. The topological polar surface area (TPSA) is 147 Å². The van der Waals surface area contributed by atoms with E-state index in [1.807, 2.05) is 30.0 Å². The summed E-state index contributed by atoms with van der Waals surface area (Å²) in [4.78, 5) is 63.3. The molecule has 65 heavy (non-hydrogen) atoms. The van der Waals surface area contributed by atoms with Gasteiger partial charge in [-0.3, -0.25) is 28.6 Å². The van der Waals surface area contributed by atoms with Crippen molar-refractivity contribution in [3.05, 3.63) is 101 Å². The minimum Gasteiger partial charge on any atom is -0.465 e. The number of hydrogen-bond donors (Lipinski definition) is 2. The largest absolute Gasteiger partial charge is 0.465 e. The lowest BCUT2D eigenvalue weighted by atomic mass is 9.92. The third kappa shape index (κ3) is 9.36. The molecule has 346 valence electrons. The van der Waals surface area contributed by atoms with Gasteiger partial charge in [0.2, 0.25) is 17.7 Å². The van der Waals surface area contributed by atoms with Crippen molar-refractivity contribution in [1.29, 1.82) is 0 Å². The molecule has 16 heteroatoms. The van der Waals surface area contributed by atoms with Crippen LogP contribution >= 0.6 is 18.9 Å². The number of benzene rings is 3. The van der Waals surface area contributed by atoms with Crippen LogP contribution in [0, 0.1) is 0 Å². The summed E-state index contributed by atoms with van der Waals surface area (Å²) >= 11 is 1.20. The maximum Gasteiger partial charge on any atom is 0.355 e. The van der Waals surface area contributed by atoms with Gasteiger partial charge in [0.25, 0.3) is 5.91 Å². The molecule has 9 rings (SSSR count). The summed E-state index contributed by atoms with van der Waals surface area (Å²) in [5, 5.41) is 6.23. The van der Waals surface area contributed by atoms with Gasteiger partial charge >= 0.3 is 13.5 Å². The molecule has 2 N–H and O–H groups in total. The van der Waals surface area contributed by atoms with Crippen molar-refractivity contribution in [2.45, 2.75) is 125 Å². The highest BCUT2D eigenvalue weighted by Crippen LogP contribution is 2.58. The number of nitrogens with one attached hydrogen (secondary N) is 2. The number of ether oxygens (including phenoxy) is 2. The first-order valence-corrected chi connectivity index (χ1v) is 25.6. The lowest BCUT2D eigenvalue weighted by Crippen LogP contribution is -2.60. The number of alkyl halides is 1. The normalized spacial score (nSPS) is 25.9. The van der Waals surface area contributed by atoms with Gasteiger partial charge in [0.1, 0.15) is 23.9 Å². The van der Waals surface area contributed by atoms with E-state index in [0.29, 0.717) is 66.8 Å². The predicted molar refractivity (Wildman–Crippen MR) is 247 cm³/mol. The molecular formula is C49H59FN5O8PS. The first kappa shape index (κ1) is 45.5. The fraction of sp³-hybridized carbons (Fsp3) is 0.510. The van der Waals surface area contributed by atoms with Crippen molar-refractivity contribution in [2.75, 3.05) is 33.4 Å². The van der Waals surface area contributed by atoms with Crippen molar-refractivity contribution < 1.29 is 42.1 Å². The van der Waals surface area contributed by atoms with E-state index in [4.69, 9.17) is 14.0 Å². The van der Waals surface area contributed by atoms with E-state index in [1.54, 1.807) is 42.5 Å². The van der Waals surface area contributed by atoms with E-state index in [0.717, 1.165) is 25.7 Å². The van der Waals surface area contributed by atoms with Crippen LogP contribution in [-0.4, -0.2) is 114 Å². The molecule has 13 nitrogen and oxygen atoms in total. The maximum absolute atomic E-state index is 16.7. The quantitative estimate of drug-likeness (QED) is 0.0890. The van der Waals surface area contributed by atoms with E-state index in [1.165, 1.54) is 36.0 Å². The van der Waals surface area contributed by atoms with E-state index in [2.05, 4.69) is 39.4 Å². The predicted octanol–water partition coefficient (Wildman–Crippen LogP) is 7.96. The standard InChI is InChI=1S/C49H59FN5O8PS/c1-4-23-62-48(59)31(2)52-64(60,63-39-13-9-6-10-14-39)44(50)33-15-20-42-34(24-33)25-43(65-42)45(56)51-40-18-16-36(53(3)38-29-61-30-38)26-37-17-19-41(55(37)46(40)57)47(58)54-28-35(27-49(54)21-22-49)32-11-7-5-8-12-32/h5-15,20,24-25,31,35-38,40-41,44H,4,16-19,21-23,26-30H2,1-3H3,(H,51,56)(H,52,60)/t31-,35+,36-,37+,40-,41-,44-,64+/m0/s1. The van der Waals surface area contributed by atoms with Crippen LogP contribution in [0.15, 0.2) is 84.9 Å². The van der Waals surface area contributed by atoms with Crippen LogP contribution in [-0.2, 0) is 28.4 Å². The Morgan fingerprint density at radius 3 is 2.42 bits per heavy atom. The zero-order valence-electron chi connectivity index (χ0n) is 37.2. The molecule has 5 aliphatic rings. The number of thiophene rings is 1. The fourth-order valence-electron chi connectivity index (χ4n) is 10.3. The number of amides is 3. The summed E-state index contributed by atoms with van der Waals surface area (Å²) < 4.78 is 48.4. The molecule has 4 aromatic rings. The molecule has 0 unspecified atom stereocenters. The van der Waals surface area contributed by atoms with Crippen LogP contribution in [0.5, 0.6) is 5.75 Å². The van der Waals surface area contributed by atoms with Gasteiger partial charge in [-0.1, -0.05) is 61.5 Å². The average Bonchev–Trinajstić information content (AvgIpc) is 3.56. The molecule has 1 spiro atoms. The Morgan fingerprint density at radius 1 is 0.985 bits per heavy atom. The highest BCUT2D eigenvalue weighted by molar-refractivity contribution is 7.57. The summed E-state index contributed by atoms with van der Waals surface area (Å²) in [6.07, 6.45) is 6.57. The minimum atomic E-state index is -4.47. The molecule has 4 aliphatic heterocycles. The summed E-state index contributed by atoms with van der Waals surface area (Å²) in [5.74, 6) is -3.12. The lowest BCUT2D eigenvalue weighted by Gasteiger charge is -2.44. The van der Waals surface area contributed by atoms with Crippen LogP contribution in [0.1, 0.15) is 104 Å². The molecule has 5 fully saturated rings. The van der Waals surface area contributed by atoms with Gasteiger partial charge in [-0.25, -0.2) is 9.48 Å². The second-order valence-corrected chi connectivity index (χ2v) is 21.8. The Morgan fingerprint density at radius 2 is 1.72 bits per heavy atom. The van der Waals surface area contributed by atoms with E-state index < -0.39 is 43.4 Å². The van der Waals surface area contributed by atoms with Gasteiger partial charge in [-0.2, -0.15) is 0 Å². The second-order valence-electron chi connectivity index (χ2n) is 18.6. The van der Waals surface area contributed by atoms with Crippen LogP contribution in [0.4, 0.5) is 4.39 Å². The molecule has 1 saturated carbocycles. The molecule has 8 atom stereocenters. The van der Waals surface area contributed by atoms with Crippen LogP contribution in [0.2, 0.25) is 0 Å². The number of likely N-dealkylation sites (N-methyl/N-ethyl adjacent to an activating group) is 1. The number of rotatable bonds is 15. The zero-order chi connectivity index (χ0) is 45.5. The van der Waals surface area contributed by atoms with Gasteiger partial charge in [-0.15, -0.1) is 11.3 Å². The van der Waals surface area contributed by atoms with Crippen molar-refractivity contribution in [1.82, 2.24) is 25.1 Å². The van der Waals surface area contributed by atoms with Crippen LogP contribution in [0.25, 0.3) is 10.1 Å². The number of hydrogen-bond acceptors (Lipinski definition) is 10. The first-order chi connectivity index (χ1) is 31.4. The number of likely N-dealkylation sites (tertiary alicyclic amines) is 1. The Kier molecular flexibility index (Phi) is 13.2. The van der Waals surface area contributed by atoms with Crippen molar-refractivity contribution in [3.63, 3.8) is 0 Å². The molecule has 1 aliphatic carbocycles. The third-order valence-electron chi connectivity index (χ3n) is 14.2. The number of carbonyl (C=O) groups excluding carboxylic acids is 4. The monoisotopic (exact) mass is 927 g/mol. The molecule has 3 amide bonds. The fourth-order valence-corrected chi connectivity index (χ4v) is 13.2. The molecule has 4 saturated heterocycles. The van der Waals surface area contributed by atoms with Crippen LogP contribution in [0.3, 0.4) is 0 Å². The van der Waals surface area contributed by atoms with Gasteiger partial charge in [0.15, 0.2) is 0 Å². The third-order valence-corrected chi connectivity index (χ3v) is 17.5. The second kappa shape index (κ2) is 18.9. The number of nitrogens with zero attached hydrogens (tertiary/aromatic N) is 3. The van der Waals surface area contributed by atoms with Gasteiger partial charge < -0.3 is 29.1 Å². The van der Waals surface area contributed by atoms with E-state index in [-0.39, 0.29) is 59.3 Å². The number of esters is 1. The van der Waals surface area contributed by atoms with Gasteiger partial charge in [0, 0.05) is 34.8 Å². The summed E-state index contributed by atoms with van der Waals surface area (Å²) in [5.41, 5.74) is 1.11. The minimum absolute atomic E-state index is 0.0194. The van der Waals surface area contributed by atoms with Crippen molar-refractivity contribution in [3.8, 4) is 5.75 Å². The Balaban J connectivity index is 0.949. The molecule has 1 aromatic heterocycles. The summed E-state index contributed by atoms with van der Waals surface area (Å²) in [6.45, 7) is 5.40. The van der Waals surface area contributed by atoms with Crippen molar-refractivity contribution >= 4 is 52.6 Å². The average molecular weight is 928 g/mol. The number of carbonyl (C=O) groups is 4. The lowest BCUT2D eigenvalue weighted by molar-refractivity contribution is -0.149. The highest BCUT2D eigenvalue weighted by atomic mass is 32.1. The molecule has 0 bridgehead atoms. The van der Waals surface area contributed by atoms with E-state index >= 15 is 4.39 Å². The van der Waals surface area contributed by atoms with Gasteiger partial charge in [0.05, 0.1) is 30.7 Å². The molecule has 3 aromatic carbocycles. The Hall–Kier alpha value is -4.66. The number of fused-ring (bicyclic) bond motifs is 2. The van der Waals surface area contributed by atoms with Crippen molar-refractivity contribution in [2.24, 2.45) is 0 Å². The van der Waals surface area contributed by atoms with Gasteiger partial charge in [-0.05, 0) is 119 Å². The number of para-hydroxylation sites is 1. The van der Waals surface area contributed by atoms with Crippen LogP contribution < -0.4 is 14.9 Å². The first-order valence-electron chi connectivity index (χ1n) is 23.1. The Labute approximate surface area is 383 Å². The summed E-state index contributed by atoms with van der Waals surface area (Å²) in [6, 6.07) is 22.5. The smallest absolute Gasteiger partial charge is 0.355 e. The molecule has 0 radical (unpaired) electrons. The maximum atomic E-state index is 16.7. The zero-order valence-corrected chi connectivity index (χ0v) is 38.9. The molecular weight excluding hydrogens is 869 g/mol. The summed E-state index contributed by atoms with van der Waals surface area (Å²) in [7, 11) is -2.35. The van der Waals surface area contributed by atoms with E-state index in [9.17, 15) is 23.7 Å². The SMILES string of the molecule is CCCOC(=O)[C@H](C)N[P@](=O)(Oc1ccccc1)[C@H](F)c1ccc2sc(C(=O)N[C@H]3CC[C@H](N(C)C4COC4)C[C@H]4CC[C@@H](C(=O)N5C[C@H](c6ccccc6)CC56CC6)N4C3=O)cc2c1. The highest BCUT2D eigenvalue weighted by Gasteiger charge is 2.59. The molecule has 5 heterocycles. The number of halogens is 1.